The molecule has 0 aliphatic heterocycles. The quantitative estimate of drug-likeness (QED) is 0.835. The maximum Gasteiger partial charge on any atom is 0.267 e. The lowest BCUT2D eigenvalue weighted by atomic mass is 10.2. The molecule has 2 N–H and O–H groups in total. The van der Waals surface area contributed by atoms with Gasteiger partial charge in [-0.3, -0.25) is 9.89 Å². The Kier molecular flexibility index (Phi) is 2.82. The summed E-state index contributed by atoms with van der Waals surface area (Å²) in [5, 5.41) is 11.1. The van der Waals surface area contributed by atoms with E-state index in [2.05, 4.69) is 15.5 Å². The molecule has 0 saturated carbocycles. The average molecular weight is 221 g/mol. The molecule has 0 unspecified atom stereocenters. The fourth-order valence-electron chi connectivity index (χ4n) is 1.32. The molecule has 0 saturated heterocycles. The number of aryl methyl sites for hydroxylation is 1. The maximum absolute atomic E-state index is 11.8. The van der Waals surface area contributed by atoms with E-state index < -0.39 is 0 Å². The van der Waals surface area contributed by atoms with Crippen LogP contribution in [0.1, 0.15) is 22.2 Å². The number of aromatic nitrogens is 2. The van der Waals surface area contributed by atoms with Crippen LogP contribution in [0.5, 0.6) is 0 Å². The number of carbonyl (C=O) groups excluding carboxylic acids is 1. The number of aromatic amines is 1. The predicted octanol–water partition coefficient (Wildman–Crippen LogP) is 2.29. The van der Waals surface area contributed by atoms with E-state index in [4.69, 9.17) is 0 Å². The van der Waals surface area contributed by atoms with Crippen molar-refractivity contribution in [1.29, 1.82) is 0 Å². The van der Waals surface area contributed by atoms with Gasteiger partial charge in [0.25, 0.3) is 5.91 Å². The molecule has 2 aromatic heterocycles. The number of anilines is 1. The minimum atomic E-state index is -0.0777. The van der Waals surface area contributed by atoms with Gasteiger partial charge in [0.15, 0.2) is 0 Å². The number of hydrogen-bond donors (Lipinski definition) is 2. The minimum Gasteiger partial charge on any atom is -0.306 e. The lowest BCUT2D eigenvalue weighted by Gasteiger charge is -2.01. The van der Waals surface area contributed by atoms with Crippen LogP contribution in [0, 0.1) is 0 Å². The first-order chi connectivity index (χ1) is 7.31. The predicted molar refractivity (Wildman–Crippen MR) is 60.2 cm³/mol. The molecule has 0 aliphatic rings. The molecule has 15 heavy (non-hydrogen) atoms. The zero-order valence-electron chi connectivity index (χ0n) is 8.28. The van der Waals surface area contributed by atoms with Crippen LogP contribution in [-0.2, 0) is 6.42 Å². The summed E-state index contributed by atoms with van der Waals surface area (Å²) in [5.41, 5.74) is 1.08. The molecule has 78 valence electrons. The lowest BCUT2D eigenvalue weighted by Crippen LogP contribution is -2.12. The van der Waals surface area contributed by atoms with Crippen LogP contribution in [0.3, 0.4) is 0 Å². The van der Waals surface area contributed by atoms with E-state index in [9.17, 15) is 4.79 Å². The van der Waals surface area contributed by atoms with Crippen molar-refractivity contribution in [2.75, 3.05) is 5.32 Å². The number of H-pyrrole nitrogens is 1. The van der Waals surface area contributed by atoms with Crippen molar-refractivity contribution in [3.05, 3.63) is 34.2 Å². The van der Waals surface area contributed by atoms with Crippen LogP contribution in [0.4, 0.5) is 5.82 Å². The number of carbonyl (C=O) groups is 1. The molecule has 4 nitrogen and oxygen atoms in total. The summed E-state index contributed by atoms with van der Waals surface area (Å²) < 4.78 is 0. The standard InChI is InChI=1S/C10H11N3OS/c1-2-7-4-6-15-9(7)10(14)12-8-3-5-11-13-8/h3-6H,2H2,1H3,(H2,11,12,13,14). The van der Waals surface area contributed by atoms with Crippen molar-refractivity contribution >= 4 is 23.1 Å². The Balaban J connectivity index is 2.15. The third-order valence-electron chi connectivity index (χ3n) is 2.08. The monoisotopic (exact) mass is 221 g/mol. The summed E-state index contributed by atoms with van der Waals surface area (Å²) in [4.78, 5) is 12.6. The molecule has 2 aromatic rings. The van der Waals surface area contributed by atoms with Crippen LogP contribution in [0.2, 0.25) is 0 Å². The first kappa shape index (κ1) is 9.92. The molecule has 0 radical (unpaired) electrons. The molecule has 0 fully saturated rings. The van der Waals surface area contributed by atoms with E-state index in [0.717, 1.165) is 16.9 Å². The number of hydrogen-bond acceptors (Lipinski definition) is 3. The van der Waals surface area contributed by atoms with Gasteiger partial charge in [0.05, 0.1) is 11.1 Å². The minimum absolute atomic E-state index is 0.0777. The Bertz CT molecular complexity index is 447. The maximum atomic E-state index is 11.8. The summed E-state index contributed by atoms with van der Waals surface area (Å²) in [6.45, 7) is 2.04. The lowest BCUT2D eigenvalue weighted by molar-refractivity contribution is 0.102. The Labute approximate surface area is 91.3 Å². The van der Waals surface area contributed by atoms with E-state index in [1.807, 2.05) is 18.4 Å². The molecular weight excluding hydrogens is 210 g/mol. The third kappa shape index (κ3) is 2.07. The fraction of sp³-hybridized carbons (Fsp3) is 0.200. The number of nitrogens with one attached hydrogen (secondary N) is 2. The van der Waals surface area contributed by atoms with Crippen LogP contribution < -0.4 is 5.32 Å². The number of thiophene rings is 1. The molecule has 2 heterocycles. The van der Waals surface area contributed by atoms with Crippen molar-refractivity contribution in [3.8, 4) is 0 Å². The summed E-state index contributed by atoms with van der Waals surface area (Å²) in [5.74, 6) is 0.543. The van der Waals surface area contributed by atoms with Gasteiger partial charge in [0, 0.05) is 6.07 Å². The van der Waals surface area contributed by atoms with E-state index >= 15 is 0 Å². The summed E-state index contributed by atoms with van der Waals surface area (Å²) in [7, 11) is 0. The highest BCUT2D eigenvalue weighted by Crippen LogP contribution is 2.18. The second-order valence-electron chi connectivity index (χ2n) is 3.05. The average Bonchev–Trinajstić information content (AvgIpc) is 2.86. The zero-order valence-corrected chi connectivity index (χ0v) is 9.10. The van der Waals surface area contributed by atoms with Gasteiger partial charge >= 0.3 is 0 Å². The Hall–Kier alpha value is -1.62. The van der Waals surface area contributed by atoms with Gasteiger partial charge < -0.3 is 5.32 Å². The second-order valence-corrected chi connectivity index (χ2v) is 3.97. The number of amides is 1. The largest absolute Gasteiger partial charge is 0.306 e. The van der Waals surface area contributed by atoms with E-state index in [-0.39, 0.29) is 5.91 Å². The Morgan fingerprint density at radius 2 is 2.47 bits per heavy atom. The summed E-state index contributed by atoms with van der Waals surface area (Å²) in [6, 6.07) is 3.70. The molecule has 1 amide bonds. The van der Waals surface area contributed by atoms with E-state index in [1.165, 1.54) is 11.3 Å². The molecular formula is C10H11N3OS. The van der Waals surface area contributed by atoms with Gasteiger partial charge in [-0.05, 0) is 23.4 Å². The zero-order chi connectivity index (χ0) is 10.7. The summed E-state index contributed by atoms with van der Waals surface area (Å²) >= 11 is 1.46. The SMILES string of the molecule is CCc1ccsc1C(=O)Nc1ccn[nH]1. The van der Waals surface area contributed by atoms with Crippen molar-refractivity contribution < 1.29 is 4.79 Å². The van der Waals surface area contributed by atoms with Crippen molar-refractivity contribution in [1.82, 2.24) is 10.2 Å². The Morgan fingerprint density at radius 3 is 3.13 bits per heavy atom. The van der Waals surface area contributed by atoms with Crippen molar-refractivity contribution in [2.24, 2.45) is 0 Å². The molecule has 0 aromatic carbocycles. The Morgan fingerprint density at radius 1 is 1.60 bits per heavy atom. The highest BCUT2D eigenvalue weighted by molar-refractivity contribution is 7.12. The number of rotatable bonds is 3. The molecule has 0 atom stereocenters. The molecule has 2 rings (SSSR count). The van der Waals surface area contributed by atoms with Gasteiger partial charge in [-0.25, -0.2) is 0 Å². The van der Waals surface area contributed by atoms with Crippen LogP contribution in [0.25, 0.3) is 0 Å². The highest BCUT2D eigenvalue weighted by Gasteiger charge is 2.12. The van der Waals surface area contributed by atoms with Crippen molar-refractivity contribution in [3.63, 3.8) is 0 Å². The number of nitrogens with zero attached hydrogens (tertiary/aromatic N) is 1. The van der Waals surface area contributed by atoms with Gasteiger partial charge in [-0.15, -0.1) is 11.3 Å². The highest BCUT2D eigenvalue weighted by atomic mass is 32.1. The van der Waals surface area contributed by atoms with E-state index in [1.54, 1.807) is 12.3 Å². The van der Waals surface area contributed by atoms with Gasteiger partial charge in [-0.1, -0.05) is 6.92 Å². The smallest absolute Gasteiger partial charge is 0.267 e. The first-order valence-electron chi connectivity index (χ1n) is 4.68. The molecule has 0 bridgehead atoms. The molecule has 0 aliphatic carbocycles. The fourth-order valence-corrected chi connectivity index (χ4v) is 2.21. The van der Waals surface area contributed by atoms with Crippen molar-refractivity contribution in [2.45, 2.75) is 13.3 Å². The first-order valence-corrected chi connectivity index (χ1v) is 5.56. The topological polar surface area (TPSA) is 57.8 Å². The van der Waals surface area contributed by atoms with Gasteiger partial charge in [0.1, 0.15) is 5.82 Å². The third-order valence-corrected chi connectivity index (χ3v) is 3.04. The molecule has 5 heteroatoms. The van der Waals surface area contributed by atoms with Crippen LogP contribution in [0.15, 0.2) is 23.7 Å². The normalized spacial score (nSPS) is 10.2. The summed E-state index contributed by atoms with van der Waals surface area (Å²) in [6.07, 6.45) is 2.47. The molecule has 0 spiro atoms. The second kappa shape index (κ2) is 4.27. The van der Waals surface area contributed by atoms with Gasteiger partial charge in [0.2, 0.25) is 0 Å². The van der Waals surface area contributed by atoms with Crippen LogP contribution >= 0.6 is 11.3 Å². The van der Waals surface area contributed by atoms with E-state index in [0.29, 0.717) is 5.82 Å². The van der Waals surface area contributed by atoms with Gasteiger partial charge in [-0.2, -0.15) is 5.10 Å². The van der Waals surface area contributed by atoms with Crippen LogP contribution in [-0.4, -0.2) is 16.1 Å².